The van der Waals surface area contributed by atoms with E-state index >= 15 is 0 Å². The lowest BCUT2D eigenvalue weighted by atomic mass is 10.1. The molecular weight excluding hydrogens is 299 g/mol. The zero-order chi connectivity index (χ0) is 16.3. The number of alkyl halides is 3. The van der Waals surface area contributed by atoms with Gasteiger partial charge in [-0.25, -0.2) is 0 Å². The van der Waals surface area contributed by atoms with Gasteiger partial charge in [0.1, 0.15) is 12.1 Å². The molecule has 1 N–H and O–H groups in total. The molecule has 22 heavy (non-hydrogen) atoms. The van der Waals surface area contributed by atoms with Gasteiger partial charge in [0, 0.05) is 6.54 Å². The van der Waals surface area contributed by atoms with Crippen LogP contribution in [0.25, 0.3) is 0 Å². The Hall–Kier alpha value is -2.56. The number of rotatable bonds is 2. The molecule has 1 heterocycles. The first-order valence-electron chi connectivity index (χ1n) is 6.52. The molecule has 0 bridgehead atoms. The Labute approximate surface area is 124 Å². The lowest BCUT2D eigenvalue weighted by Crippen LogP contribution is -2.48. The van der Waals surface area contributed by atoms with Gasteiger partial charge in [-0.15, -0.1) is 0 Å². The Morgan fingerprint density at radius 2 is 2.00 bits per heavy atom. The number of nitrogens with zero attached hydrogens (tertiary/aromatic N) is 2. The monoisotopic (exact) mass is 311 g/mol. The number of amides is 2. The molecule has 1 aliphatic rings. The van der Waals surface area contributed by atoms with Crippen LogP contribution in [0.1, 0.15) is 18.4 Å². The first kappa shape index (κ1) is 15.8. The maximum absolute atomic E-state index is 12.5. The number of carbonyl (C=O) groups is 2. The normalized spacial score (nSPS) is 17.9. The first-order chi connectivity index (χ1) is 10.3. The molecule has 2 rings (SSSR count). The van der Waals surface area contributed by atoms with E-state index in [0.29, 0.717) is 11.3 Å². The molecule has 1 unspecified atom stereocenters. The second-order valence-electron chi connectivity index (χ2n) is 4.80. The van der Waals surface area contributed by atoms with Crippen LogP contribution < -0.4 is 5.32 Å². The predicted octanol–water partition coefficient (Wildman–Crippen LogP) is 2.05. The number of nitrogens with one attached hydrogen (secondary N) is 1. The number of anilines is 1. The molecule has 8 heteroatoms. The van der Waals surface area contributed by atoms with Crippen LogP contribution in [0.2, 0.25) is 0 Å². The van der Waals surface area contributed by atoms with Gasteiger partial charge in [0.25, 0.3) is 0 Å². The Morgan fingerprint density at radius 1 is 1.32 bits per heavy atom. The van der Waals surface area contributed by atoms with Crippen molar-refractivity contribution in [2.24, 2.45) is 0 Å². The second-order valence-corrected chi connectivity index (χ2v) is 4.80. The van der Waals surface area contributed by atoms with Crippen molar-refractivity contribution in [1.29, 1.82) is 5.26 Å². The molecule has 1 aromatic carbocycles. The van der Waals surface area contributed by atoms with Crippen LogP contribution in [0.3, 0.4) is 0 Å². The molecule has 0 radical (unpaired) electrons. The molecule has 1 atom stereocenters. The van der Waals surface area contributed by atoms with Gasteiger partial charge in [-0.1, -0.05) is 12.1 Å². The summed E-state index contributed by atoms with van der Waals surface area (Å²) in [6, 6.07) is 6.83. The Kier molecular flexibility index (Phi) is 4.35. The quantitative estimate of drug-likeness (QED) is 0.908. The summed E-state index contributed by atoms with van der Waals surface area (Å²) >= 11 is 0. The summed E-state index contributed by atoms with van der Waals surface area (Å²) in [5.41, 5.74) is 0.406. The number of halogens is 3. The van der Waals surface area contributed by atoms with Crippen molar-refractivity contribution in [3.8, 4) is 6.07 Å². The molecule has 0 saturated carbocycles. The number of nitriles is 1. The van der Waals surface area contributed by atoms with Gasteiger partial charge in [-0.2, -0.15) is 18.4 Å². The van der Waals surface area contributed by atoms with Crippen LogP contribution in [0, 0.1) is 11.3 Å². The topological polar surface area (TPSA) is 73.2 Å². The predicted molar refractivity (Wildman–Crippen MR) is 70.6 cm³/mol. The van der Waals surface area contributed by atoms with E-state index in [1.165, 1.54) is 12.1 Å². The van der Waals surface area contributed by atoms with Crippen molar-refractivity contribution in [2.45, 2.75) is 25.1 Å². The Balaban J connectivity index is 2.15. The number of likely N-dealkylation sites (tertiary alicyclic amines) is 1. The van der Waals surface area contributed by atoms with Crippen LogP contribution in [0.15, 0.2) is 24.3 Å². The van der Waals surface area contributed by atoms with Crippen LogP contribution in [-0.4, -0.2) is 35.5 Å². The highest BCUT2D eigenvalue weighted by Crippen LogP contribution is 2.26. The van der Waals surface area contributed by atoms with E-state index in [4.69, 9.17) is 5.26 Å². The fourth-order valence-electron chi connectivity index (χ4n) is 2.35. The summed E-state index contributed by atoms with van der Waals surface area (Å²) < 4.78 is 37.6. The largest absolute Gasteiger partial charge is 0.471 e. The van der Waals surface area contributed by atoms with Crippen LogP contribution in [-0.2, 0) is 9.59 Å². The number of benzene rings is 1. The van der Waals surface area contributed by atoms with Crippen molar-refractivity contribution >= 4 is 17.5 Å². The number of para-hydroxylation sites is 1. The summed E-state index contributed by atoms with van der Waals surface area (Å²) in [4.78, 5) is 24.0. The summed E-state index contributed by atoms with van der Waals surface area (Å²) in [5, 5.41) is 11.3. The number of hydrogen-bond acceptors (Lipinski definition) is 3. The Bertz CT molecular complexity index is 637. The van der Waals surface area contributed by atoms with Gasteiger partial charge in [-0.05, 0) is 25.0 Å². The maximum Gasteiger partial charge on any atom is 0.471 e. The molecule has 116 valence electrons. The summed E-state index contributed by atoms with van der Waals surface area (Å²) in [6.45, 7) is -0.115. The van der Waals surface area contributed by atoms with Gasteiger partial charge < -0.3 is 10.2 Å². The smallest absolute Gasteiger partial charge is 0.323 e. The number of carbonyl (C=O) groups excluding carboxylic acids is 2. The van der Waals surface area contributed by atoms with Gasteiger partial charge in [0.05, 0.1) is 11.3 Å². The summed E-state index contributed by atoms with van der Waals surface area (Å²) in [5.74, 6) is -2.74. The van der Waals surface area contributed by atoms with E-state index in [2.05, 4.69) is 5.32 Å². The van der Waals surface area contributed by atoms with Gasteiger partial charge in [0.2, 0.25) is 5.91 Å². The maximum atomic E-state index is 12.5. The standard InChI is InChI=1S/C14H12F3N3O2/c15-14(16,17)13(22)20-7-3-6-11(20)12(21)19-10-5-2-1-4-9(10)8-18/h1-2,4-5,11H,3,6-7H2,(H,19,21). The van der Waals surface area contributed by atoms with E-state index < -0.39 is 24.0 Å². The SMILES string of the molecule is N#Cc1ccccc1NC(=O)C1CCCN1C(=O)C(F)(F)F. The van der Waals surface area contributed by atoms with E-state index in [-0.39, 0.29) is 24.2 Å². The fraction of sp³-hybridized carbons (Fsp3) is 0.357. The average Bonchev–Trinajstić information content (AvgIpc) is 2.95. The molecule has 0 spiro atoms. The molecule has 5 nitrogen and oxygen atoms in total. The van der Waals surface area contributed by atoms with E-state index in [0.717, 1.165) is 0 Å². The molecule has 1 saturated heterocycles. The van der Waals surface area contributed by atoms with Crippen molar-refractivity contribution in [3.63, 3.8) is 0 Å². The second kappa shape index (κ2) is 6.05. The minimum Gasteiger partial charge on any atom is -0.323 e. The van der Waals surface area contributed by atoms with Gasteiger partial charge >= 0.3 is 12.1 Å². The molecule has 1 aliphatic heterocycles. The first-order valence-corrected chi connectivity index (χ1v) is 6.52. The zero-order valence-corrected chi connectivity index (χ0v) is 11.4. The zero-order valence-electron chi connectivity index (χ0n) is 11.4. The summed E-state index contributed by atoms with van der Waals surface area (Å²) in [7, 11) is 0. The molecule has 1 aromatic rings. The minimum atomic E-state index is -5.01. The molecule has 0 aliphatic carbocycles. The number of hydrogen-bond donors (Lipinski definition) is 1. The highest BCUT2D eigenvalue weighted by atomic mass is 19.4. The van der Waals surface area contributed by atoms with E-state index in [1.807, 2.05) is 6.07 Å². The third-order valence-electron chi connectivity index (χ3n) is 3.36. The highest BCUT2D eigenvalue weighted by Gasteiger charge is 2.47. The third kappa shape index (κ3) is 3.19. The molecule has 2 amide bonds. The van der Waals surface area contributed by atoms with E-state index in [1.54, 1.807) is 12.1 Å². The van der Waals surface area contributed by atoms with E-state index in [9.17, 15) is 22.8 Å². The van der Waals surface area contributed by atoms with Gasteiger partial charge in [-0.3, -0.25) is 9.59 Å². The van der Waals surface area contributed by atoms with Gasteiger partial charge in [0.15, 0.2) is 0 Å². The Morgan fingerprint density at radius 3 is 2.64 bits per heavy atom. The van der Waals surface area contributed by atoms with Crippen molar-refractivity contribution < 1.29 is 22.8 Å². The van der Waals surface area contributed by atoms with Crippen LogP contribution in [0.5, 0.6) is 0 Å². The fourth-order valence-corrected chi connectivity index (χ4v) is 2.35. The molecule has 0 aromatic heterocycles. The highest BCUT2D eigenvalue weighted by molar-refractivity contribution is 5.99. The van der Waals surface area contributed by atoms with Crippen molar-refractivity contribution in [1.82, 2.24) is 4.90 Å². The lowest BCUT2D eigenvalue weighted by Gasteiger charge is -2.24. The molecular formula is C14H12F3N3O2. The minimum absolute atomic E-state index is 0.115. The van der Waals surface area contributed by atoms with Crippen molar-refractivity contribution in [2.75, 3.05) is 11.9 Å². The van der Waals surface area contributed by atoms with Crippen LogP contribution in [0.4, 0.5) is 18.9 Å². The molecule has 1 fully saturated rings. The van der Waals surface area contributed by atoms with Crippen molar-refractivity contribution in [3.05, 3.63) is 29.8 Å². The summed E-state index contributed by atoms with van der Waals surface area (Å²) in [6.07, 6.45) is -4.53. The third-order valence-corrected chi connectivity index (χ3v) is 3.36. The average molecular weight is 311 g/mol. The van der Waals surface area contributed by atoms with Crippen LogP contribution >= 0.6 is 0 Å². The lowest BCUT2D eigenvalue weighted by molar-refractivity contribution is -0.186.